The number of nitrogens with one attached hydrogen (secondary N) is 1. The van der Waals surface area contributed by atoms with Gasteiger partial charge in [0, 0.05) is 5.75 Å². The molecule has 2 aromatic rings. The lowest BCUT2D eigenvalue weighted by molar-refractivity contribution is -0.152. The lowest BCUT2D eigenvalue weighted by atomic mass is 10.2. The van der Waals surface area contributed by atoms with Crippen molar-refractivity contribution in [1.82, 2.24) is 15.3 Å². The number of carbonyl (C=O) groups is 2. The number of esters is 1. The first-order chi connectivity index (χ1) is 11.1. The molecule has 0 spiro atoms. The molecular weight excluding hydrogens is 338 g/mol. The zero-order chi connectivity index (χ0) is 16.7. The van der Waals surface area contributed by atoms with Gasteiger partial charge in [-0.2, -0.15) is 0 Å². The molecule has 0 saturated heterocycles. The normalized spacial score (nSPS) is 10.2. The molecule has 23 heavy (non-hydrogen) atoms. The molecule has 0 bridgehead atoms. The summed E-state index contributed by atoms with van der Waals surface area (Å²) in [6, 6.07) is 9.96. The second-order valence-electron chi connectivity index (χ2n) is 4.39. The number of nitrogens with zero attached hydrogens (tertiary/aromatic N) is 2. The highest BCUT2D eigenvalue weighted by Crippen LogP contribution is 2.22. The smallest absolute Gasteiger partial charge is 0.396 e. The van der Waals surface area contributed by atoms with E-state index in [0.717, 1.165) is 12.9 Å². The Labute approximate surface area is 142 Å². The van der Waals surface area contributed by atoms with Gasteiger partial charge in [0.2, 0.25) is 0 Å². The van der Waals surface area contributed by atoms with Gasteiger partial charge in [0.15, 0.2) is 5.15 Å². The molecule has 0 aliphatic carbocycles. The molecular formula is C15H14ClN3O3S. The molecule has 6 nitrogen and oxygen atoms in total. The Morgan fingerprint density at radius 3 is 2.70 bits per heavy atom. The van der Waals surface area contributed by atoms with Crippen LogP contribution in [-0.4, -0.2) is 29.0 Å². The second kappa shape index (κ2) is 8.50. The molecule has 1 N–H and O–H groups in total. The summed E-state index contributed by atoms with van der Waals surface area (Å²) in [7, 11) is 1.13. The lowest BCUT2D eigenvalue weighted by Crippen LogP contribution is -2.31. The van der Waals surface area contributed by atoms with Gasteiger partial charge in [-0.05, 0) is 5.56 Å². The van der Waals surface area contributed by atoms with Gasteiger partial charge in [0.05, 0.1) is 25.5 Å². The van der Waals surface area contributed by atoms with Crippen molar-refractivity contribution >= 4 is 35.2 Å². The predicted octanol–water partition coefficient (Wildman–Crippen LogP) is 2.21. The monoisotopic (exact) mass is 351 g/mol. The number of benzene rings is 1. The molecule has 2 rings (SSSR count). The molecule has 8 heteroatoms. The van der Waals surface area contributed by atoms with Crippen molar-refractivity contribution in [3.63, 3.8) is 0 Å². The third kappa shape index (κ3) is 5.22. The van der Waals surface area contributed by atoms with Crippen LogP contribution in [0, 0.1) is 0 Å². The van der Waals surface area contributed by atoms with Crippen LogP contribution in [0.4, 0.5) is 0 Å². The summed E-state index contributed by atoms with van der Waals surface area (Å²) < 4.78 is 4.30. The number of ether oxygens (including phenoxy) is 1. The van der Waals surface area contributed by atoms with Gasteiger partial charge < -0.3 is 10.1 Å². The molecule has 0 unspecified atom stereocenters. The first-order valence-electron chi connectivity index (χ1n) is 6.64. The van der Waals surface area contributed by atoms with Gasteiger partial charge in [-0.3, -0.25) is 9.78 Å². The maximum Gasteiger partial charge on any atom is 0.396 e. The number of rotatable bonds is 5. The lowest BCUT2D eigenvalue weighted by Gasteiger charge is -2.06. The predicted molar refractivity (Wildman–Crippen MR) is 86.9 cm³/mol. The van der Waals surface area contributed by atoms with Gasteiger partial charge in [0.1, 0.15) is 5.03 Å². The van der Waals surface area contributed by atoms with Crippen molar-refractivity contribution < 1.29 is 14.3 Å². The Kier molecular flexibility index (Phi) is 6.37. The highest BCUT2D eigenvalue weighted by molar-refractivity contribution is 7.98. The van der Waals surface area contributed by atoms with Crippen molar-refractivity contribution in [2.24, 2.45) is 0 Å². The van der Waals surface area contributed by atoms with E-state index in [-0.39, 0.29) is 11.7 Å². The van der Waals surface area contributed by atoms with E-state index in [0.29, 0.717) is 10.7 Å². The average Bonchev–Trinajstić information content (AvgIpc) is 2.59. The van der Waals surface area contributed by atoms with E-state index in [1.165, 1.54) is 17.3 Å². The Hall–Kier alpha value is -2.12. The van der Waals surface area contributed by atoms with Gasteiger partial charge >= 0.3 is 11.9 Å². The molecule has 120 valence electrons. The van der Waals surface area contributed by atoms with E-state index in [1.54, 1.807) is 6.20 Å². The quantitative estimate of drug-likeness (QED) is 0.505. The fourth-order valence-electron chi connectivity index (χ4n) is 1.63. The van der Waals surface area contributed by atoms with Crippen molar-refractivity contribution in [3.8, 4) is 0 Å². The molecule has 0 saturated carbocycles. The van der Waals surface area contributed by atoms with Crippen LogP contribution in [0.5, 0.6) is 0 Å². The Bertz CT molecular complexity index is 698. The largest absolute Gasteiger partial charge is 0.462 e. The van der Waals surface area contributed by atoms with Crippen LogP contribution in [0.15, 0.2) is 41.6 Å². The van der Waals surface area contributed by atoms with Gasteiger partial charge in [-0.25, -0.2) is 9.78 Å². The van der Waals surface area contributed by atoms with Crippen LogP contribution >= 0.6 is 23.4 Å². The highest BCUT2D eigenvalue weighted by atomic mass is 35.5. The summed E-state index contributed by atoms with van der Waals surface area (Å²) in [5, 5.41) is 3.23. The van der Waals surface area contributed by atoms with E-state index in [2.05, 4.69) is 20.0 Å². The minimum atomic E-state index is -0.968. The number of hydrogen-bond acceptors (Lipinski definition) is 6. The Balaban J connectivity index is 1.92. The summed E-state index contributed by atoms with van der Waals surface area (Å²) >= 11 is 7.56. The first-order valence-corrected chi connectivity index (χ1v) is 8.01. The Morgan fingerprint density at radius 1 is 1.30 bits per heavy atom. The third-order valence-corrected chi connectivity index (χ3v) is 4.07. The number of carbonyl (C=O) groups excluding carboxylic acids is 2. The fourth-order valence-corrected chi connectivity index (χ4v) is 2.67. The summed E-state index contributed by atoms with van der Waals surface area (Å²) in [5.74, 6) is -1.07. The van der Waals surface area contributed by atoms with Crippen molar-refractivity contribution in [2.45, 2.75) is 17.3 Å². The maximum absolute atomic E-state index is 11.3. The maximum atomic E-state index is 11.3. The number of hydrogen-bond donors (Lipinski definition) is 1. The van der Waals surface area contributed by atoms with Crippen LogP contribution in [0.3, 0.4) is 0 Å². The second-order valence-corrected chi connectivity index (χ2v) is 5.75. The molecule has 1 aromatic heterocycles. The number of amides is 1. The van der Waals surface area contributed by atoms with Gasteiger partial charge in [-0.15, -0.1) is 11.8 Å². The Morgan fingerprint density at radius 2 is 2.04 bits per heavy atom. The zero-order valence-electron chi connectivity index (χ0n) is 12.3. The number of thioether (sulfide) groups is 1. The molecule has 0 fully saturated rings. The number of aromatic nitrogens is 2. The minimum absolute atomic E-state index is 0.00337. The SMILES string of the molecule is COC(=O)C(=O)NCc1ncc(SCc2ccccc2)nc1Cl. The van der Waals surface area contributed by atoms with Crippen LogP contribution in [-0.2, 0) is 26.6 Å². The molecule has 1 aromatic carbocycles. The van der Waals surface area contributed by atoms with Crippen molar-refractivity contribution in [2.75, 3.05) is 7.11 Å². The van der Waals surface area contributed by atoms with Crippen molar-refractivity contribution in [3.05, 3.63) is 52.9 Å². The van der Waals surface area contributed by atoms with Crippen LogP contribution in [0.1, 0.15) is 11.3 Å². The number of methoxy groups -OCH3 is 1. The molecule has 1 amide bonds. The van der Waals surface area contributed by atoms with Crippen LogP contribution in [0.25, 0.3) is 0 Å². The third-order valence-electron chi connectivity index (χ3n) is 2.79. The van der Waals surface area contributed by atoms with E-state index < -0.39 is 11.9 Å². The summed E-state index contributed by atoms with van der Waals surface area (Å²) in [4.78, 5) is 30.7. The van der Waals surface area contributed by atoms with E-state index in [4.69, 9.17) is 11.6 Å². The van der Waals surface area contributed by atoms with Crippen LogP contribution in [0.2, 0.25) is 5.15 Å². The van der Waals surface area contributed by atoms with E-state index >= 15 is 0 Å². The molecule has 0 aliphatic rings. The minimum Gasteiger partial charge on any atom is -0.462 e. The highest BCUT2D eigenvalue weighted by Gasteiger charge is 2.14. The summed E-state index contributed by atoms with van der Waals surface area (Å²) in [6.07, 6.45) is 1.58. The molecule has 0 radical (unpaired) electrons. The van der Waals surface area contributed by atoms with E-state index in [1.807, 2.05) is 30.3 Å². The van der Waals surface area contributed by atoms with Crippen LogP contribution < -0.4 is 5.32 Å². The summed E-state index contributed by atoms with van der Waals surface area (Å²) in [6.45, 7) is 0.00337. The average molecular weight is 352 g/mol. The van der Waals surface area contributed by atoms with Gasteiger partial charge in [-0.1, -0.05) is 41.9 Å². The number of halogens is 1. The molecule has 0 aliphatic heterocycles. The molecule has 1 heterocycles. The first kappa shape index (κ1) is 17.2. The van der Waals surface area contributed by atoms with Crippen molar-refractivity contribution in [1.29, 1.82) is 0 Å². The topological polar surface area (TPSA) is 81.2 Å². The fraction of sp³-hybridized carbons (Fsp3) is 0.200. The molecule has 0 atom stereocenters. The van der Waals surface area contributed by atoms with Gasteiger partial charge in [0.25, 0.3) is 0 Å². The summed E-state index contributed by atoms with van der Waals surface area (Å²) in [5.41, 5.74) is 1.55. The van der Waals surface area contributed by atoms with E-state index in [9.17, 15) is 9.59 Å². The standard InChI is InChI=1S/C15H14ClN3O3S/c1-22-15(21)14(20)18-7-11-13(16)19-12(8-17-11)23-9-10-5-3-2-4-6-10/h2-6,8H,7,9H2,1H3,(H,18,20). The zero-order valence-corrected chi connectivity index (χ0v) is 13.9.